The first-order valence-corrected chi connectivity index (χ1v) is 14.6. The van der Waals surface area contributed by atoms with Gasteiger partial charge in [-0.3, -0.25) is 24.0 Å². The van der Waals surface area contributed by atoms with Gasteiger partial charge in [-0.15, -0.1) is 0 Å². The molecule has 0 saturated heterocycles. The number of amides is 4. The molecular formula is C28H48N6O6. The lowest BCUT2D eigenvalue weighted by molar-refractivity contribution is -0.138. The zero-order valence-corrected chi connectivity index (χ0v) is 23.9. The summed E-state index contributed by atoms with van der Waals surface area (Å²) in [6.07, 6.45) is 19.3. The van der Waals surface area contributed by atoms with Crippen molar-refractivity contribution in [2.24, 2.45) is 0 Å². The molecule has 12 heteroatoms. The number of carboxylic acid groups (broad SMARTS) is 1. The highest BCUT2D eigenvalue weighted by Gasteiger charge is 2.23. The van der Waals surface area contributed by atoms with Crippen LogP contribution in [0.5, 0.6) is 0 Å². The van der Waals surface area contributed by atoms with Crippen molar-refractivity contribution in [2.45, 2.75) is 109 Å². The number of imidazole rings is 1. The van der Waals surface area contributed by atoms with E-state index in [4.69, 9.17) is 5.11 Å². The van der Waals surface area contributed by atoms with E-state index < -0.39 is 42.8 Å². The predicted octanol–water partition coefficient (Wildman–Crippen LogP) is 2.35. The van der Waals surface area contributed by atoms with Crippen LogP contribution in [0.25, 0.3) is 0 Å². The van der Waals surface area contributed by atoms with E-state index in [2.05, 4.69) is 38.2 Å². The number of carbonyl (C=O) groups excluding carboxylic acids is 4. The molecule has 1 aromatic heterocycles. The summed E-state index contributed by atoms with van der Waals surface area (Å²) in [6.45, 7) is 0.941. The topological polar surface area (TPSA) is 182 Å². The molecule has 0 saturated carbocycles. The minimum Gasteiger partial charge on any atom is -0.480 e. The Kier molecular flexibility index (Phi) is 19.4. The average molecular weight is 565 g/mol. The number of aromatic amines is 1. The maximum atomic E-state index is 12.6. The second-order valence-corrected chi connectivity index (χ2v) is 10.0. The molecular weight excluding hydrogens is 516 g/mol. The predicted molar refractivity (Wildman–Crippen MR) is 151 cm³/mol. The van der Waals surface area contributed by atoms with Crippen LogP contribution in [0.3, 0.4) is 0 Å². The van der Waals surface area contributed by atoms with E-state index in [9.17, 15) is 24.0 Å². The SMILES string of the molecule is CCCCCCCCCCCCCCCC(=O)NCC(=O)N[C@@H](Cc1c[nH]cn1)C(=O)NCC(=O)NCC(=O)O. The Balaban J connectivity index is 2.22. The minimum absolute atomic E-state index is 0.0602. The monoisotopic (exact) mass is 564 g/mol. The van der Waals surface area contributed by atoms with Gasteiger partial charge in [0.1, 0.15) is 12.6 Å². The van der Waals surface area contributed by atoms with Crippen LogP contribution in [0.2, 0.25) is 0 Å². The number of carboxylic acids is 1. The van der Waals surface area contributed by atoms with Gasteiger partial charge in [-0.05, 0) is 6.42 Å². The lowest BCUT2D eigenvalue weighted by Crippen LogP contribution is -2.52. The lowest BCUT2D eigenvalue weighted by atomic mass is 10.0. The Morgan fingerprint density at radius 2 is 1.30 bits per heavy atom. The summed E-state index contributed by atoms with van der Waals surface area (Å²) in [6, 6.07) is -1.04. The van der Waals surface area contributed by atoms with Crippen LogP contribution < -0.4 is 21.3 Å². The van der Waals surface area contributed by atoms with Gasteiger partial charge >= 0.3 is 5.97 Å². The molecule has 1 aromatic rings. The van der Waals surface area contributed by atoms with Gasteiger partial charge in [0.2, 0.25) is 23.6 Å². The molecule has 0 unspecified atom stereocenters. The van der Waals surface area contributed by atoms with Crippen LogP contribution in [0.4, 0.5) is 0 Å². The van der Waals surface area contributed by atoms with Gasteiger partial charge in [-0.1, -0.05) is 84.0 Å². The Labute approximate surface area is 237 Å². The number of carbonyl (C=O) groups is 5. The second kappa shape index (κ2) is 22.4. The third kappa shape index (κ3) is 18.8. The van der Waals surface area contributed by atoms with Crippen molar-refractivity contribution in [1.82, 2.24) is 31.2 Å². The zero-order chi connectivity index (χ0) is 29.4. The average Bonchev–Trinajstić information content (AvgIpc) is 3.44. The first-order valence-electron chi connectivity index (χ1n) is 14.6. The molecule has 1 atom stereocenters. The fourth-order valence-corrected chi connectivity index (χ4v) is 4.16. The maximum absolute atomic E-state index is 12.6. The third-order valence-corrected chi connectivity index (χ3v) is 6.43. The van der Waals surface area contributed by atoms with Gasteiger partial charge < -0.3 is 31.4 Å². The molecule has 4 amide bonds. The normalized spacial score (nSPS) is 11.4. The molecule has 0 radical (unpaired) electrons. The van der Waals surface area contributed by atoms with Crippen molar-refractivity contribution < 1.29 is 29.1 Å². The number of aliphatic carboxylic acids is 1. The Hall–Kier alpha value is -3.44. The van der Waals surface area contributed by atoms with Crippen molar-refractivity contribution in [2.75, 3.05) is 19.6 Å². The summed E-state index contributed by atoms with van der Waals surface area (Å²) in [5.41, 5.74) is 0.516. The summed E-state index contributed by atoms with van der Waals surface area (Å²) in [5, 5.41) is 18.3. The van der Waals surface area contributed by atoms with E-state index in [1.165, 1.54) is 70.5 Å². The Morgan fingerprint density at radius 3 is 1.85 bits per heavy atom. The number of hydrogen-bond acceptors (Lipinski definition) is 6. The number of aromatic nitrogens is 2. The summed E-state index contributed by atoms with van der Waals surface area (Å²) in [7, 11) is 0. The van der Waals surface area contributed by atoms with Crippen molar-refractivity contribution in [3.05, 3.63) is 18.2 Å². The van der Waals surface area contributed by atoms with Crippen molar-refractivity contribution in [3.8, 4) is 0 Å². The molecule has 0 bridgehead atoms. The van der Waals surface area contributed by atoms with Crippen molar-refractivity contribution in [1.29, 1.82) is 0 Å². The van der Waals surface area contributed by atoms with E-state index in [1.54, 1.807) is 6.20 Å². The van der Waals surface area contributed by atoms with Crippen LogP contribution in [0.15, 0.2) is 12.5 Å². The number of nitrogens with one attached hydrogen (secondary N) is 5. The van der Waals surface area contributed by atoms with E-state index >= 15 is 0 Å². The van der Waals surface area contributed by atoms with Crippen LogP contribution in [0.1, 0.15) is 103 Å². The molecule has 40 heavy (non-hydrogen) atoms. The number of rotatable bonds is 24. The van der Waals surface area contributed by atoms with E-state index in [0.29, 0.717) is 12.1 Å². The fourth-order valence-electron chi connectivity index (χ4n) is 4.16. The van der Waals surface area contributed by atoms with Crippen LogP contribution in [-0.4, -0.2) is 70.3 Å². The molecule has 1 heterocycles. The number of hydrogen-bond donors (Lipinski definition) is 6. The first kappa shape index (κ1) is 34.6. The van der Waals surface area contributed by atoms with Gasteiger partial charge in [0.05, 0.1) is 25.1 Å². The lowest BCUT2D eigenvalue weighted by Gasteiger charge is -2.18. The van der Waals surface area contributed by atoms with Gasteiger partial charge in [0, 0.05) is 19.0 Å². The Morgan fingerprint density at radius 1 is 0.750 bits per heavy atom. The van der Waals surface area contributed by atoms with Gasteiger partial charge in [0.25, 0.3) is 0 Å². The van der Waals surface area contributed by atoms with E-state index in [1.807, 2.05) is 0 Å². The summed E-state index contributed by atoms with van der Waals surface area (Å²) in [4.78, 5) is 66.2. The molecule has 0 aliphatic rings. The quantitative estimate of drug-likeness (QED) is 0.104. The van der Waals surface area contributed by atoms with Gasteiger partial charge in [-0.25, -0.2) is 4.98 Å². The first-order chi connectivity index (χ1) is 19.3. The van der Waals surface area contributed by atoms with Gasteiger partial charge in [0.15, 0.2) is 0 Å². The second-order valence-electron chi connectivity index (χ2n) is 10.0. The molecule has 0 spiro atoms. The smallest absolute Gasteiger partial charge is 0.322 e. The van der Waals surface area contributed by atoms with Crippen molar-refractivity contribution in [3.63, 3.8) is 0 Å². The minimum atomic E-state index is -1.21. The standard InChI is InChI=1S/C28H48N6O6/c1-2-3-4-5-6-7-8-9-10-11-12-13-14-15-24(35)30-19-26(37)34-23(16-22-17-29-21-33-22)28(40)32-18-25(36)31-20-27(38)39/h17,21,23H,2-16,18-20H2,1H3,(H,29,33)(H,30,35)(H,31,36)(H,32,40)(H,34,37)(H,38,39)/t23-/m0/s1. The number of H-pyrrole nitrogens is 1. The van der Waals surface area contributed by atoms with E-state index in [-0.39, 0.29) is 18.9 Å². The van der Waals surface area contributed by atoms with Crippen molar-refractivity contribution >= 4 is 29.6 Å². The molecule has 226 valence electrons. The Bertz CT molecular complexity index is 877. The molecule has 12 nitrogen and oxygen atoms in total. The third-order valence-electron chi connectivity index (χ3n) is 6.43. The molecule has 1 rings (SSSR count). The molecule has 0 fully saturated rings. The highest BCUT2D eigenvalue weighted by molar-refractivity contribution is 5.92. The molecule has 0 aromatic carbocycles. The number of unbranched alkanes of at least 4 members (excludes halogenated alkanes) is 12. The van der Waals surface area contributed by atoms with Crippen LogP contribution in [0, 0.1) is 0 Å². The maximum Gasteiger partial charge on any atom is 0.322 e. The summed E-state index contributed by atoms with van der Waals surface area (Å²) >= 11 is 0. The summed E-state index contributed by atoms with van der Waals surface area (Å²) < 4.78 is 0. The molecule has 0 aliphatic carbocycles. The highest BCUT2D eigenvalue weighted by Crippen LogP contribution is 2.12. The van der Waals surface area contributed by atoms with Gasteiger partial charge in [-0.2, -0.15) is 0 Å². The van der Waals surface area contributed by atoms with E-state index in [0.717, 1.165) is 19.3 Å². The number of nitrogens with zero attached hydrogens (tertiary/aromatic N) is 1. The van der Waals surface area contributed by atoms with Crippen LogP contribution >= 0.6 is 0 Å². The zero-order valence-electron chi connectivity index (χ0n) is 23.9. The molecule has 0 aliphatic heterocycles. The fraction of sp³-hybridized carbons (Fsp3) is 0.714. The largest absolute Gasteiger partial charge is 0.480 e. The highest BCUT2D eigenvalue weighted by atomic mass is 16.4. The molecule has 6 N–H and O–H groups in total. The van der Waals surface area contributed by atoms with Crippen LogP contribution in [-0.2, 0) is 30.4 Å². The summed E-state index contributed by atoms with van der Waals surface area (Å²) in [5.74, 6) is -3.30.